The molecule has 0 saturated heterocycles. The fourth-order valence-electron chi connectivity index (χ4n) is 8.15. The number of para-hydroxylation sites is 2. The number of fused-ring (bicyclic) bond motifs is 4. The second kappa shape index (κ2) is 13.4. The van der Waals surface area contributed by atoms with Gasteiger partial charge in [-0.15, -0.1) is 0 Å². The highest BCUT2D eigenvalue weighted by Gasteiger charge is 2.20. The summed E-state index contributed by atoms with van der Waals surface area (Å²) in [6.07, 6.45) is 0. The maximum atomic E-state index is 2.40. The standard InChI is InChI=1S/C52H36N2/c1-3-16-37(17-4-1)38-32-34-42(35-33-38)53(49-30-14-19-39-18-7-8-25-45(39)49)43-23-13-20-40(36-43)44-24-9-10-26-46(44)47-28-15-31-51-52(47)48-27-11-12-29-50(48)54(51)41-21-5-2-6-22-41/h1-36H. The summed E-state index contributed by atoms with van der Waals surface area (Å²) in [5, 5.41) is 4.93. The van der Waals surface area contributed by atoms with Gasteiger partial charge in [0.15, 0.2) is 0 Å². The summed E-state index contributed by atoms with van der Waals surface area (Å²) < 4.78 is 2.39. The second-order valence-corrected chi connectivity index (χ2v) is 13.7. The van der Waals surface area contributed by atoms with Crippen molar-refractivity contribution in [1.82, 2.24) is 4.57 Å². The maximum Gasteiger partial charge on any atom is 0.0547 e. The summed E-state index contributed by atoms with van der Waals surface area (Å²) >= 11 is 0. The first-order chi connectivity index (χ1) is 26.8. The third-order valence-corrected chi connectivity index (χ3v) is 10.6. The molecule has 2 heteroatoms. The van der Waals surface area contributed by atoms with E-state index in [1.54, 1.807) is 0 Å². The van der Waals surface area contributed by atoms with E-state index in [4.69, 9.17) is 0 Å². The minimum absolute atomic E-state index is 1.10. The van der Waals surface area contributed by atoms with Gasteiger partial charge >= 0.3 is 0 Å². The lowest BCUT2D eigenvalue weighted by Crippen LogP contribution is -2.10. The maximum absolute atomic E-state index is 2.40. The van der Waals surface area contributed by atoms with Crippen LogP contribution >= 0.6 is 0 Å². The molecule has 54 heavy (non-hydrogen) atoms. The van der Waals surface area contributed by atoms with Crippen LogP contribution in [0.4, 0.5) is 17.1 Å². The van der Waals surface area contributed by atoms with Gasteiger partial charge in [-0.3, -0.25) is 0 Å². The van der Waals surface area contributed by atoms with Crippen molar-refractivity contribution in [2.45, 2.75) is 0 Å². The molecular weight excluding hydrogens is 653 g/mol. The van der Waals surface area contributed by atoms with Crippen molar-refractivity contribution in [3.05, 3.63) is 218 Å². The van der Waals surface area contributed by atoms with E-state index in [0.29, 0.717) is 0 Å². The number of benzene rings is 9. The van der Waals surface area contributed by atoms with Gasteiger partial charge in [0.05, 0.1) is 16.7 Å². The molecule has 0 spiro atoms. The van der Waals surface area contributed by atoms with Crippen molar-refractivity contribution in [2.75, 3.05) is 4.90 Å². The Labute approximate surface area is 315 Å². The minimum atomic E-state index is 1.10. The van der Waals surface area contributed by atoms with Crippen LogP contribution in [-0.2, 0) is 0 Å². The van der Waals surface area contributed by atoms with E-state index >= 15 is 0 Å². The van der Waals surface area contributed by atoms with E-state index in [1.165, 1.54) is 60.4 Å². The molecule has 0 aliphatic rings. The van der Waals surface area contributed by atoms with Gasteiger partial charge in [0.1, 0.15) is 0 Å². The largest absolute Gasteiger partial charge is 0.310 e. The number of rotatable bonds is 7. The molecule has 0 aliphatic carbocycles. The van der Waals surface area contributed by atoms with Gasteiger partial charge in [-0.05, 0) is 93.4 Å². The van der Waals surface area contributed by atoms with Crippen LogP contribution < -0.4 is 4.90 Å². The van der Waals surface area contributed by atoms with Gasteiger partial charge < -0.3 is 9.47 Å². The predicted octanol–water partition coefficient (Wildman–Crippen LogP) is 14.4. The Kier molecular flexibility index (Phi) is 7.85. The highest BCUT2D eigenvalue weighted by atomic mass is 15.1. The van der Waals surface area contributed by atoms with Gasteiger partial charge in [0.2, 0.25) is 0 Å². The lowest BCUT2D eigenvalue weighted by molar-refractivity contribution is 1.18. The quantitative estimate of drug-likeness (QED) is 0.162. The Morgan fingerprint density at radius 2 is 0.907 bits per heavy atom. The number of hydrogen-bond acceptors (Lipinski definition) is 1. The zero-order valence-corrected chi connectivity index (χ0v) is 29.7. The number of aromatic nitrogens is 1. The molecule has 0 unspecified atom stereocenters. The number of hydrogen-bond donors (Lipinski definition) is 0. The molecule has 2 nitrogen and oxygen atoms in total. The Balaban J connectivity index is 1.15. The van der Waals surface area contributed by atoms with Crippen molar-refractivity contribution >= 4 is 49.6 Å². The third kappa shape index (κ3) is 5.44. The van der Waals surface area contributed by atoms with Crippen LogP contribution in [0, 0.1) is 0 Å². The van der Waals surface area contributed by atoms with Gasteiger partial charge in [-0.2, -0.15) is 0 Å². The van der Waals surface area contributed by atoms with E-state index in [9.17, 15) is 0 Å². The summed E-state index contributed by atoms with van der Waals surface area (Å²) in [7, 11) is 0. The molecule has 0 saturated carbocycles. The molecule has 0 fully saturated rings. The Hall–Kier alpha value is -7.16. The van der Waals surface area contributed by atoms with E-state index in [0.717, 1.165) is 28.3 Å². The first kappa shape index (κ1) is 31.6. The molecule has 0 amide bonds. The lowest BCUT2D eigenvalue weighted by Gasteiger charge is -2.27. The van der Waals surface area contributed by atoms with Gasteiger partial charge in [-0.25, -0.2) is 0 Å². The monoisotopic (exact) mass is 688 g/mol. The Morgan fingerprint density at radius 3 is 1.74 bits per heavy atom. The molecule has 0 bridgehead atoms. The molecule has 9 aromatic carbocycles. The molecule has 10 rings (SSSR count). The third-order valence-electron chi connectivity index (χ3n) is 10.6. The second-order valence-electron chi connectivity index (χ2n) is 13.7. The van der Waals surface area contributed by atoms with Crippen LogP contribution in [0.5, 0.6) is 0 Å². The minimum Gasteiger partial charge on any atom is -0.310 e. The summed E-state index contributed by atoms with van der Waals surface area (Å²) in [4.78, 5) is 2.40. The van der Waals surface area contributed by atoms with Gasteiger partial charge in [0, 0.05) is 33.2 Å². The van der Waals surface area contributed by atoms with E-state index in [1.807, 2.05) is 0 Å². The average molecular weight is 689 g/mol. The molecule has 0 atom stereocenters. The SMILES string of the molecule is c1ccc(-c2ccc(N(c3cccc(-c4ccccc4-c4cccc5c4c4ccccc4n5-c4ccccc4)c3)c3cccc4ccccc34)cc2)cc1. The summed E-state index contributed by atoms with van der Waals surface area (Å²) in [6.45, 7) is 0. The van der Waals surface area contributed by atoms with Crippen LogP contribution in [0.3, 0.4) is 0 Å². The number of anilines is 3. The zero-order chi connectivity index (χ0) is 35.8. The normalized spacial score (nSPS) is 11.3. The summed E-state index contributed by atoms with van der Waals surface area (Å²) in [5.74, 6) is 0. The van der Waals surface area contributed by atoms with Crippen LogP contribution in [0.1, 0.15) is 0 Å². The van der Waals surface area contributed by atoms with Gasteiger partial charge in [0.25, 0.3) is 0 Å². The fourth-order valence-corrected chi connectivity index (χ4v) is 8.15. The molecule has 1 heterocycles. The first-order valence-corrected chi connectivity index (χ1v) is 18.5. The summed E-state index contributed by atoms with van der Waals surface area (Å²) in [5.41, 5.74) is 14.1. The Morgan fingerprint density at radius 1 is 0.333 bits per heavy atom. The molecular formula is C52H36N2. The predicted molar refractivity (Wildman–Crippen MR) is 229 cm³/mol. The van der Waals surface area contributed by atoms with Crippen molar-refractivity contribution in [3.8, 4) is 39.1 Å². The topological polar surface area (TPSA) is 8.17 Å². The molecule has 10 aromatic rings. The van der Waals surface area contributed by atoms with Crippen LogP contribution in [0.2, 0.25) is 0 Å². The Bertz CT molecular complexity index is 2920. The van der Waals surface area contributed by atoms with Crippen LogP contribution in [-0.4, -0.2) is 4.57 Å². The highest BCUT2D eigenvalue weighted by molar-refractivity contribution is 6.16. The van der Waals surface area contributed by atoms with Crippen molar-refractivity contribution in [1.29, 1.82) is 0 Å². The van der Waals surface area contributed by atoms with Crippen LogP contribution in [0.15, 0.2) is 218 Å². The first-order valence-electron chi connectivity index (χ1n) is 18.5. The molecule has 0 aliphatic heterocycles. The average Bonchev–Trinajstić information content (AvgIpc) is 3.60. The molecule has 254 valence electrons. The fraction of sp³-hybridized carbons (Fsp3) is 0. The zero-order valence-electron chi connectivity index (χ0n) is 29.7. The van der Waals surface area contributed by atoms with Crippen LogP contribution in [0.25, 0.3) is 71.6 Å². The van der Waals surface area contributed by atoms with Crippen molar-refractivity contribution in [2.24, 2.45) is 0 Å². The van der Waals surface area contributed by atoms with E-state index in [2.05, 4.69) is 228 Å². The van der Waals surface area contributed by atoms with E-state index < -0.39 is 0 Å². The highest BCUT2D eigenvalue weighted by Crippen LogP contribution is 2.44. The molecule has 0 radical (unpaired) electrons. The smallest absolute Gasteiger partial charge is 0.0547 e. The lowest BCUT2D eigenvalue weighted by atomic mass is 9.91. The molecule has 1 aromatic heterocycles. The number of nitrogens with zero attached hydrogens (tertiary/aromatic N) is 2. The molecule has 0 N–H and O–H groups in total. The van der Waals surface area contributed by atoms with Crippen molar-refractivity contribution in [3.63, 3.8) is 0 Å². The van der Waals surface area contributed by atoms with Crippen molar-refractivity contribution < 1.29 is 0 Å². The summed E-state index contributed by atoms with van der Waals surface area (Å²) in [6, 6.07) is 78.8. The van der Waals surface area contributed by atoms with Gasteiger partial charge in [-0.1, -0.05) is 164 Å². The van der Waals surface area contributed by atoms with E-state index in [-0.39, 0.29) is 0 Å².